The number of carbonyl (C=O) groups is 2. The van der Waals surface area contributed by atoms with Crippen LogP contribution in [0.4, 0.5) is 5.69 Å². The summed E-state index contributed by atoms with van der Waals surface area (Å²) < 4.78 is 28.5. The van der Waals surface area contributed by atoms with E-state index in [-0.39, 0.29) is 17.3 Å². The van der Waals surface area contributed by atoms with Crippen LogP contribution in [-0.2, 0) is 26.2 Å². The fourth-order valence-electron chi connectivity index (χ4n) is 4.12. The van der Waals surface area contributed by atoms with Crippen molar-refractivity contribution >= 4 is 50.7 Å². The first kappa shape index (κ1) is 30.5. The van der Waals surface area contributed by atoms with E-state index in [1.54, 1.807) is 73.7 Å². The second kappa shape index (κ2) is 14.4. The Morgan fingerprint density at radius 2 is 1.46 bits per heavy atom. The van der Waals surface area contributed by atoms with Gasteiger partial charge in [-0.2, -0.15) is 0 Å². The van der Waals surface area contributed by atoms with Gasteiger partial charge in [0.15, 0.2) is 0 Å². The molecule has 0 aromatic heterocycles. The number of unbranched alkanes of at least 4 members (excludes halogenated alkanes) is 1. The first-order valence-electron chi connectivity index (χ1n) is 12.8. The van der Waals surface area contributed by atoms with Crippen molar-refractivity contribution in [2.24, 2.45) is 0 Å². The van der Waals surface area contributed by atoms with Crippen LogP contribution in [0.2, 0.25) is 10.0 Å². The van der Waals surface area contributed by atoms with Gasteiger partial charge in [-0.05, 0) is 49.2 Å². The van der Waals surface area contributed by atoms with Crippen LogP contribution in [0.15, 0.2) is 83.8 Å². The summed E-state index contributed by atoms with van der Waals surface area (Å²) in [4.78, 5) is 28.7. The average molecular weight is 591 g/mol. The van der Waals surface area contributed by atoms with Gasteiger partial charge in [-0.25, -0.2) is 8.42 Å². The Morgan fingerprint density at radius 3 is 2.03 bits per heavy atom. The van der Waals surface area contributed by atoms with E-state index in [2.05, 4.69) is 5.32 Å². The highest BCUT2D eigenvalue weighted by Gasteiger charge is 2.34. The van der Waals surface area contributed by atoms with E-state index < -0.39 is 28.5 Å². The predicted molar refractivity (Wildman–Crippen MR) is 156 cm³/mol. The maximum Gasteiger partial charge on any atom is 0.264 e. The van der Waals surface area contributed by atoms with Gasteiger partial charge < -0.3 is 10.2 Å². The van der Waals surface area contributed by atoms with Gasteiger partial charge in [-0.15, -0.1) is 0 Å². The monoisotopic (exact) mass is 589 g/mol. The Hall–Kier alpha value is -3.07. The quantitative estimate of drug-likeness (QED) is 0.251. The molecule has 1 N–H and O–H groups in total. The van der Waals surface area contributed by atoms with Crippen LogP contribution in [-0.4, -0.2) is 44.3 Å². The fourth-order valence-corrected chi connectivity index (χ4v) is 6.07. The second-order valence-corrected chi connectivity index (χ2v) is 11.6. The molecular weight excluding hydrogens is 557 g/mol. The van der Waals surface area contributed by atoms with Crippen LogP contribution in [0, 0.1) is 0 Å². The molecule has 0 saturated carbocycles. The first-order valence-corrected chi connectivity index (χ1v) is 15.0. The van der Waals surface area contributed by atoms with Gasteiger partial charge >= 0.3 is 0 Å². The number of nitrogens with zero attached hydrogens (tertiary/aromatic N) is 2. The number of benzene rings is 3. The largest absolute Gasteiger partial charge is 0.354 e. The van der Waals surface area contributed by atoms with Gasteiger partial charge in [0, 0.05) is 28.7 Å². The molecule has 0 aliphatic heterocycles. The normalized spacial score (nSPS) is 12.0. The summed E-state index contributed by atoms with van der Waals surface area (Å²) in [6.07, 6.45) is 2.00. The van der Waals surface area contributed by atoms with Gasteiger partial charge in [-0.1, -0.05) is 85.9 Å². The van der Waals surface area contributed by atoms with E-state index in [0.29, 0.717) is 34.3 Å². The zero-order valence-corrected chi connectivity index (χ0v) is 24.3. The molecule has 0 bridgehead atoms. The van der Waals surface area contributed by atoms with Crippen molar-refractivity contribution < 1.29 is 18.0 Å². The molecular formula is C29H33Cl2N3O4S. The lowest BCUT2D eigenvalue weighted by Crippen LogP contribution is -2.52. The van der Waals surface area contributed by atoms with Gasteiger partial charge in [0.2, 0.25) is 11.8 Å². The van der Waals surface area contributed by atoms with E-state index >= 15 is 0 Å². The fraction of sp³-hybridized carbons (Fsp3) is 0.310. The lowest BCUT2D eigenvalue weighted by Gasteiger charge is -2.33. The highest BCUT2D eigenvalue weighted by atomic mass is 35.5. The van der Waals surface area contributed by atoms with Crippen molar-refractivity contribution in [1.82, 2.24) is 10.2 Å². The minimum Gasteiger partial charge on any atom is -0.354 e. The highest BCUT2D eigenvalue weighted by Crippen LogP contribution is 2.28. The number of carbonyl (C=O) groups excluding carboxylic acids is 2. The molecule has 39 heavy (non-hydrogen) atoms. The summed E-state index contributed by atoms with van der Waals surface area (Å²) in [6.45, 7) is 3.70. The number of para-hydroxylation sites is 1. The third-order valence-electron chi connectivity index (χ3n) is 6.26. The minimum absolute atomic E-state index is 0.0479. The lowest BCUT2D eigenvalue weighted by molar-refractivity contribution is -0.140. The number of rotatable bonds is 13. The summed E-state index contributed by atoms with van der Waals surface area (Å²) in [5, 5.41) is 3.59. The maximum absolute atomic E-state index is 14.0. The van der Waals surface area contributed by atoms with Crippen molar-refractivity contribution in [1.29, 1.82) is 0 Å². The van der Waals surface area contributed by atoms with E-state index in [1.165, 1.54) is 17.0 Å². The Bertz CT molecular complexity index is 1340. The molecule has 7 nitrogen and oxygen atoms in total. The van der Waals surface area contributed by atoms with Gasteiger partial charge in [0.1, 0.15) is 12.6 Å². The maximum atomic E-state index is 14.0. The van der Waals surface area contributed by atoms with Crippen LogP contribution >= 0.6 is 23.2 Å². The molecule has 0 saturated heterocycles. The molecule has 0 spiro atoms. The van der Waals surface area contributed by atoms with Crippen LogP contribution < -0.4 is 9.62 Å². The summed E-state index contributed by atoms with van der Waals surface area (Å²) in [5.41, 5.74) is 0.803. The van der Waals surface area contributed by atoms with Gasteiger partial charge in [-0.3, -0.25) is 13.9 Å². The number of hydrogen-bond acceptors (Lipinski definition) is 4. The Balaban J connectivity index is 2.04. The third kappa shape index (κ3) is 7.75. The number of sulfonamides is 1. The Kier molecular flexibility index (Phi) is 11.2. The molecule has 3 aromatic carbocycles. The van der Waals surface area contributed by atoms with Crippen molar-refractivity contribution in [3.05, 3.63) is 94.5 Å². The molecule has 208 valence electrons. The van der Waals surface area contributed by atoms with Crippen LogP contribution in [0.5, 0.6) is 0 Å². The Morgan fingerprint density at radius 1 is 0.872 bits per heavy atom. The average Bonchev–Trinajstić information content (AvgIpc) is 2.94. The molecule has 1 atom stereocenters. The van der Waals surface area contributed by atoms with E-state index in [4.69, 9.17) is 23.2 Å². The van der Waals surface area contributed by atoms with Crippen molar-refractivity contribution in [2.75, 3.05) is 17.4 Å². The van der Waals surface area contributed by atoms with E-state index in [0.717, 1.165) is 17.1 Å². The molecule has 0 aliphatic rings. The topological polar surface area (TPSA) is 86.8 Å². The molecule has 0 heterocycles. The van der Waals surface area contributed by atoms with Crippen molar-refractivity contribution in [3.8, 4) is 0 Å². The van der Waals surface area contributed by atoms with E-state index in [1.807, 2.05) is 6.92 Å². The van der Waals surface area contributed by atoms with E-state index in [9.17, 15) is 18.0 Å². The zero-order chi connectivity index (χ0) is 28.4. The van der Waals surface area contributed by atoms with Gasteiger partial charge in [0.05, 0.1) is 10.6 Å². The number of amides is 2. The first-order chi connectivity index (χ1) is 18.7. The zero-order valence-electron chi connectivity index (χ0n) is 22.0. The highest BCUT2D eigenvalue weighted by molar-refractivity contribution is 7.92. The molecule has 3 aromatic rings. The van der Waals surface area contributed by atoms with Gasteiger partial charge in [0.25, 0.3) is 10.0 Å². The van der Waals surface area contributed by atoms with Crippen molar-refractivity contribution in [3.63, 3.8) is 0 Å². The SMILES string of the molecule is CCCCNC(=O)[C@H](CC)N(Cc1c(Cl)cccc1Cl)C(=O)CN(c1ccccc1)S(=O)(=O)c1ccccc1. The van der Waals surface area contributed by atoms with Crippen LogP contribution in [0.25, 0.3) is 0 Å². The van der Waals surface area contributed by atoms with Crippen molar-refractivity contribution in [2.45, 2.75) is 50.6 Å². The molecule has 3 rings (SSSR count). The Labute approximate surface area is 240 Å². The lowest BCUT2D eigenvalue weighted by atomic mass is 10.1. The predicted octanol–water partition coefficient (Wildman–Crippen LogP) is 5.91. The third-order valence-corrected chi connectivity index (χ3v) is 8.76. The summed E-state index contributed by atoms with van der Waals surface area (Å²) >= 11 is 12.9. The minimum atomic E-state index is -4.11. The number of anilines is 1. The molecule has 2 amide bonds. The van der Waals surface area contributed by atoms with Crippen LogP contribution in [0.3, 0.4) is 0 Å². The summed E-state index contributed by atoms with van der Waals surface area (Å²) in [6, 6.07) is 20.5. The molecule has 10 heteroatoms. The summed E-state index contributed by atoms with van der Waals surface area (Å²) in [7, 11) is -4.11. The second-order valence-electron chi connectivity index (χ2n) is 8.95. The number of nitrogens with one attached hydrogen (secondary N) is 1. The standard InChI is InChI=1S/C29H33Cl2N3O4S/c1-3-5-19-32-29(36)27(4-2)33(20-24-25(30)17-12-18-26(24)31)28(35)21-34(22-13-8-6-9-14-22)39(37,38)23-15-10-7-11-16-23/h6-18,27H,3-5,19-21H2,1-2H3,(H,32,36)/t27-/m0/s1. The summed E-state index contributed by atoms with van der Waals surface area (Å²) in [5.74, 6) is -0.883. The van der Waals surface area contributed by atoms with Crippen LogP contribution in [0.1, 0.15) is 38.7 Å². The smallest absolute Gasteiger partial charge is 0.264 e. The molecule has 0 unspecified atom stereocenters. The molecule has 0 fully saturated rings. The molecule has 0 aliphatic carbocycles. The number of halogens is 2. The number of hydrogen-bond donors (Lipinski definition) is 1. The molecule has 0 radical (unpaired) electrons.